The van der Waals surface area contributed by atoms with Crippen molar-refractivity contribution in [2.24, 2.45) is 5.10 Å². The van der Waals surface area contributed by atoms with Crippen LogP contribution in [0.3, 0.4) is 0 Å². The van der Waals surface area contributed by atoms with Crippen LogP contribution in [0.1, 0.15) is 27.0 Å². The van der Waals surface area contributed by atoms with Crippen LogP contribution in [0.15, 0.2) is 71.8 Å². The lowest BCUT2D eigenvalue weighted by Gasteiger charge is -2.12. The van der Waals surface area contributed by atoms with E-state index < -0.39 is 0 Å². The zero-order chi connectivity index (χ0) is 20.6. The molecule has 0 aromatic heterocycles. The van der Waals surface area contributed by atoms with Gasteiger partial charge in [-0.1, -0.05) is 48.0 Å². The number of halogens is 1. The average Bonchev–Trinajstić information content (AvgIpc) is 2.74. The summed E-state index contributed by atoms with van der Waals surface area (Å²) in [6.07, 6.45) is 1.55. The van der Waals surface area contributed by atoms with Crippen molar-refractivity contribution >= 4 is 23.7 Å². The van der Waals surface area contributed by atoms with Crippen molar-refractivity contribution in [2.45, 2.75) is 13.5 Å². The van der Waals surface area contributed by atoms with Crippen molar-refractivity contribution < 1.29 is 14.3 Å². The van der Waals surface area contributed by atoms with E-state index in [-0.39, 0.29) is 5.91 Å². The Kier molecular flexibility index (Phi) is 6.87. The molecule has 3 aromatic carbocycles. The van der Waals surface area contributed by atoms with Crippen LogP contribution in [0, 0.1) is 6.92 Å². The molecular weight excluding hydrogens is 388 g/mol. The average molecular weight is 409 g/mol. The summed E-state index contributed by atoms with van der Waals surface area (Å²) < 4.78 is 11.3. The van der Waals surface area contributed by atoms with Crippen LogP contribution in [-0.4, -0.2) is 19.2 Å². The van der Waals surface area contributed by atoms with Gasteiger partial charge in [-0.05, 0) is 48.4 Å². The number of nitrogens with zero attached hydrogens (tertiary/aromatic N) is 1. The van der Waals surface area contributed by atoms with Crippen LogP contribution < -0.4 is 14.9 Å². The van der Waals surface area contributed by atoms with Crippen LogP contribution in [0.5, 0.6) is 11.5 Å². The molecule has 0 heterocycles. The lowest BCUT2D eigenvalue weighted by molar-refractivity contribution is 0.0954. The summed E-state index contributed by atoms with van der Waals surface area (Å²) in [5.74, 6) is 0.894. The number of hydrazone groups is 1. The third-order valence-corrected chi connectivity index (χ3v) is 4.67. The molecule has 6 heteroatoms. The van der Waals surface area contributed by atoms with Gasteiger partial charge in [0.2, 0.25) is 0 Å². The summed E-state index contributed by atoms with van der Waals surface area (Å²) in [4.78, 5) is 12.2. The lowest BCUT2D eigenvalue weighted by atomic mass is 10.1. The van der Waals surface area contributed by atoms with Gasteiger partial charge in [0, 0.05) is 16.1 Å². The molecule has 3 rings (SSSR count). The number of rotatable bonds is 7. The lowest BCUT2D eigenvalue weighted by Crippen LogP contribution is -2.18. The number of ether oxygens (including phenoxy) is 2. The molecule has 0 fully saturated rings. The van der Waals surface area contributed by atoms with Gasteiger partial charge in [0.15, 0.2) is 11.5 Å². The topological polar surface area (TPSA) is 59.9 Å². The molecule has 0 atom stereocenters. The fraction of sp³-hybridized carbons (Fsp3) is 0.130. The summed E-state index contributed by atoms with van der Waals surface area (Å²) >= 11 is 6.16. The van der Waals surface area contributed by atoms with Crippen LogP contribution in [-0.2, 0) is 6.61 Å². The zero-order valence-electron chi connectivity index (χ0n) is 16.2. The van der Waals surface area contributed by atoms with E-state index in [4.69, 9.17) is 21.1 Å². The minimum atomic E-state index is -0.258. The molecular formula is C23H21ClN2O3. The van der Waals surface area contributed by atoms with Gasteiger partial charge in [-0.15, -0.1) is 0 Å². The maximum atomic E-state index is 12.2. The molecule has 5 nitrogen and oxygen atoms in total. The van der Waals surface area contributed by atoms with E-state index in [0.29, 0.717) is 28.7 Å². The molecule has 0 unspecified atom stereocenters. The first kappa shape index (κ1) is 20.4. The SMILES string of the molecule is COc1cc(/C=N\NC(=O)c2ccccc2C)ccc1OCc1ccccc1Cl. The first-order chi connectivity index (χ1) is 14.1. The Labute approximate surface area is 174 Å². The molecule has 0 radical (unpaired) electrons. The maximum absolute atomic E-state index is 12.2. The highest BCUT2D eigenvalue weighted by Crippen LogP contribution is 2.29. The molecule has 3 aromatic rings. The van der Waals surface area contributed by atoms with E-state index in [0.717, 1.165) is 16.7 Å². The fourth-order valence-corrected chi connectivity index (χ4v) is 2.90. The molecule has 1 N–H and O–H groups in total. The Morgan fingerprint density at radius 1 is 1.07 bits per heavy atom. The number of carbonyl (C=O) groups is 1. The van der Waals surface area contributed by atoms with E-state index in [2.05, 4.69) is 10.5 Å². The van der Waals surface area contributed by atoms with Crippen LogP contribution >= 0.6 is 11.6 Å². The Morgan fingerprint density at radius 3 is 2.59 bits per heavy atom. The fourth-order valence-electron chi connectivity index (χ4n) is 2.71. The number of benzene rings is 3. The second kappa shape index (κ2) is 9.75. The van der Waals surface area contributed by atoms with Gasteiger partial charge >= 0.3 is 0 Å². The second-order valence-electron chi connectivity index (χ2n) is 6.30. The van der Waals surface area contributed by atoms with E-state index in [1.807, 2.05) is 55.5 Å². The maximum Gasteiger partial charge on any atom is 0.271 e. The number of carbonyl (C=O) groups excluding carboxylic acids is 1. The Hall–Kier alpha value is -3.31. The van der Waals surface area contributed by atoms with Crippen molar-refractivity contribution in [3.63, 3.8) is 0 Å². The summed E-state index contributed by atoms with van der Waals surface area (Å²) in [7, 11) is 1.57. The molecule has 148 valence electrons. The first-order valence-electron chi connectivity index (χ1n) is 9.02. The van der Waals surface area contributed by atoms with Gasteiger partial charge < -0.3 is 9.47 Å². The second-order valence-corrected chi connectivity index (χ2v) is 6.71. The number of hydrogen-bond donors (Lipinski definition) is 1. The van der Waals surface area contributed by atoms with Gasteiger partial charge in [-0.25, -0.2) is 5.43 Å². The number of amides is 1. The Balaban J connectivity index is 1.65. The molecule has 29 heavy (non-hydrogen) atoms. The van der Waals surface area contributed by atoms with Crippen molar-refractivity contribution in [2.75, 3.05) is 7.11 Å². The van der Waals surface area contributed by atoms with E-state index >= 15 is 0 Å². The van der Waals surface area contributed by atoms with Gasteiger partial charge in [-0.2, -0.15) is 5.10 Å². The minimum absolute atomic E-state index is 0.258. The molecule has 0 aliphatic rings. The van der Waals surface area contributed by atoms with Gasteiger partial charge in [0.1, 0.15) is 6.61 Å². The predicted octanol–water partition coefficient (Wildman–Crippen LogP) is 5.00. The summed E-state index contributed by atoms with van der Waals surface area (Å²) in [5.41, 5.74) is 5.67. The number of hydrogen-bond acceptors (Lipinski definition) is 4. The third-order valence-electron chi connectivity index (χ3n) is 4.30. The van der Waals surface area contributed by atoms with Gasteiger partial charge in [-0.3, -0.25) is 4.79 Å². The number of aryl methyl sites for hydroxylation is 1. The smallest absolute Gasteiger partial charge is 0.271 e. The van der Waals surface area contributed by atoms with Crippen molar-refractivity contribution in [1.29, 1.82) is 0 Å². The Bertz CT molecular complexity index is 1030. The molecule has 0 aliphatic heterocycles. The molecule has 0 spiro atoms. The van der Waals surface area contributed by atoms with E-state index in [1.54, 1.807) is 31.5 Å². The molecule has 1 amide bonds. The largest absolute Gasteiger partial charge is 0.493 e. The van der Waals surface area contributed by atoms with Crippen molar-refractivity contribution in [3.8, 4) is 11.5 Å². The van der Waals surface area contributed by atoms with Crippen molar-refractivity contribution in [1.82, 2.24) is 5.43 Å². The quantitative estimate of drug-likeness (QED) is 0.442. The predicted molar refractivity (Wildman–Crippen MR) is 115 cm³/mol. The molecule has 0 bridgehead atoms. The monoisotopic (exact) mass is 408 g/mol. The van der Waals surface area contributed by atoms with Crippen molar-refractivity contribution in [3.05, 3.63) is 94.0 Å². The van der Waals surface area contributed by atoms with Crippen LogP contribution in [0.2, 0.25) is 5.02 Å². The van der Waals surface area contributed by atoms with Gasteiger partial charge in [0.25, 0.3) is 5.91 Å². The highest BCUT2D eigenvalue weighted by atomic mass is 35.5. The minimum Gasteiger partial charge on any atom is -0.493 e. The summed E-state index contributed by atoms with van der Waals surface area (Å²) in [5, 5.41) is 4.68. The van der Waals surface area contributed by atoms with Gasteiger partial charge in [0.05, 0.1) is 13.3 Å². The normalized spacial score (nSPS) is 10.7. The Morgan fingerprint density at radius 2 is 1.83 bits per heavy atom. The molecule has 0 saturated carbocycles. The summed E-state index contributed by atoms with van der Waals surface area (Å²) in [6.45, 7) is 2.21. The highest BCUT2D eigenvalue weighted by molar-refractivity contribution is 6.31. The van der Waals surface area contributed by atoms with E-state index in [1.165, 1.54) is 0 Å². The van der Waals surface area contributed by atoms with Crippen LogP contribution in [0.25, 0.3) is 0 Å². The number of nitrogens with one attached hydrogen (secondary N) is 1. The molecule has 0 saturated heterocycles. The van der Waals surface area contributed by atoms with E-state index in [9.17, 15) is 4.79 Å². The standard InChI is InChI=1S/C23H21ClN2O3/c1-16-7-3-5-9-19(16)23(27)26-25-14-17-11-12-21(22(13-17)28-2)29-15-18-8-4-6-10-20(18)24/h3-14H,15H2,1-2H3,(H,26,27)/b25-14-. The zero-order valence-corrected chi connectivity index (χ0v) is 16.9. The molecule has 0 aliphatic carbocycles. The summed E-state index contributed by atoms with van der Waals surface area (Å²) in [6, 6.07) is 20.3. The highest BCUT2D eigenvalue weighted by Gasteiger charge is 2.08. The van der Waals surface area contributed by atoms with Crippen LogP contribution in [0.4, 0.5) is 0 Å². The third kappa shape index (κ3) is 5.36. The number of methoxy groups -OCH3 is 1. The first-order valence-corrected chi connectivity index (χ1v) is 9.39.